The van der Waals surface area contributed by atoms with Gasteiger partial charge in [-0.2, -0.15) is 0 Å². The molecular weight excluding hydrogens is 248 g/mol. The van der Waals surface area contributed by atoms with Gasteiger partial charge in [0, 0.05) is 13.0 Å². The SMILES string of the molecule is Cc1ccc(C(N)C(=O)NC(CCO)C(=O)O)cc1. The van der Waals surface area contributed by atoms with Gasteiger partial charge in [-0.25, -0.2) is 4.79 Å². The summed E-state index contributed by atoms with van der Waals surface area (Å²) in [6.07, 6.45) is -0.0539. The molecule has 0 bridgehead atoms. The van der Waals surface area contributed by atoms with Crippen LogP contribution in [0.15, 0.2) is 24.3 Å². The fourth-order valence-corrected chi connectivity index (χ4v) is 1.57. The number of rotatable bonds is 6. The van der Waals surface area contributed by atoms with Crippen molar-refractivity contribution in [2.24, 2.45) is 5.73 Å². The first kappa shape index (κ1) is 15.1. The van der Waals surface area contributed by atoms with Crippen LogP contribution in [0.1, 0.15) is 23.6 Å². The first-order valence-electron chi connectivity index (χ1n) is 5.92. The van der Waals surface area contributed by atoms with Crippen molar-refractivity contribution in [3.8, 4) is 0 Å². The molecule has 0 fully saturated rings. The van der Waals surface area contributed by atoms with Gasteiger partial charge in [0.15, 0.2) is 0 Å². The molecule has 0 aromatic heterocycles. The number of carboxylic acid groups (broad SMARTS) is 1. The summed E-state index contributed by atoms with van der Waals surface area (Å²) in [4.78, 5) is 22.7. The molecule has 1 aromatic rings. The molecule has 6 heteroatoms. The predicted molar refractivity (Wildman–Crippen MR) is 69.4 cm³/mol. The molecule has 5 N–H and O–H groups in total. The molecule has 6 nitrogen and oxygen atoms in total. The Labute approximate surface area is 111 Å². The molecule has 2 atom stereocenters. The number of hydrogen-bond acceptors (Lipinski definition) is 4. The number of nitrogens with one attached hydrogen (secondary N) is 1. The zero-order chi connectivity index (χ0) is 14.4. The first-order valence-corrected chi connectivity index (χ1v) is 5.92. The van der Waals surface area contributed by atoms with Crippen molar-refractivity contribution in [1.29, 1.82) is 0 Å². The number of aliphatic hydroxyl groups excluding tert-OH is 1. The lowest BCUT2D eigenvalue weighted by Gasteiger charge is -2.17. The summed E-state index contributed by atoms with van der Waals surface area (Å²) in [5, 5.41) is 19.9. The van der Waals surface area contributed by atoms with E-state index in [1.54, 1.807) is 12.1 Å². The molecule has 1 aromatic carbocycles. The van der Waals surface area contributed by atoms with Crippen LogP contribution in [0.25, 0.3) is 0 Å². The van der Waals surface area contributed by atoms with E-state index in [2.05, 4.69) is 5.32 Å². The maximum absolute atomic E-state index is 11.8. The van der Waals surface area contributed by atoms with Gasteiger partial charge in [0.2, 0.25) is 5.91 Å². The molecule has 1 amide bonds. The van der Waals surface area contributed by atoms with E-state index in [9.17, 15) is 9.59 Å². The van der Waals surface area contributed by atoms with Gasteiger partial charge in [-0.1, -0.05) is 29.8 Å². The second-order valence-corrected chi connectivity index (χ2v) is 4.30. The van der Waals surface area contributed by atoms with E-state index in [-0.39, 0.29) is 13.0 Å². The standard InChI is InChI=1S/C13H18N2O4/c1-8-2-4-9(5-3-8)11(14)12(17)15-10(6-7-16)13(18)19/h2-5,10-11,16H,6-7,14H2,1H3,(H,15,17)(H,18,19). The highest BCUT2D eigenvalue weighted by molar-refractivity contribution is 5.87. The molecule has 0 spiro atoms. The van der Waals surface area contributed by atoms with Crippen molar-refractivity contribution in [2.75, 3.05) is 6.61 Å². The average molecular weight is 266 g/mol. The zero-order valence-corrected chi connectivity index (χ0v) is 10.7. The molecule has 2 unspecified atom stereocenters. The van der Waals surface area contributed by atoms with Gasteiger partial charge in [-0.3, -0.25) is 4.79 Å². The molecule has 0 heterocycles. The summed E-state index contributed by atoms with van der Waals surface area (Å²) >= 11 is 0. The number of hydrogen-bond donors (Lipinski definition) is 4. The molecule has 0 radical (unpaired) electrons. The summed E-state index contributed by atoms with van der Waals surface area (Å²) in [6.45, 7) is 1.59. The van der Waals surface area contributed by atoms with Crippen LogP contribution < -0.4 is 11.1 Å². The molecule has 0 aliphatic carbocycles. The third kappa shape index (κ3) is 4.35. The number of carbonyl (C=O) groups is 2. The van der Waals surface area contributed by atoms with Crippen molar-refractivity contribution in [3.63, 3.8) is 0 Å². The van der Waals surface area contributed by atoms with E-state index in [0.717, 1.165) is 5.56 Å². The summed E-state index contributed by atoms with van der Waals surface area (Å²) in [6, 6.07) is 5.04. The minimum Gasteiger partial charge on any atom is -0.480 e. The highest BCUT2D eigenvalue weighted by Crippen LogP contribution is 2.12. The molecule has 0 aliphatic rings. The molecule has 0 saturated heterocycles. The first-order chi connectivity index (χ1) is 8.95. The van der Waals surface area contributed by atoms with E-state index in [0.29, 0.717) is 5.56 Å². The lowest BCUT2D eigenvalue weighted by atomic mass is 10.0. The Bertz CT molecular complexity index is 444. The monoisotopic (exact) mass is 266 g/mol. The summed E-state index contributed by atoms with van der Waals surface area (Å²) in [5.74, 6) is -1.77. The van der Waals surface area contributed by atoms with Gasteiger partial charge >= 0.3 is 5.97 Å². The maximum Gasteiger partial charge on any atom is 0.326 e. The Kier molecular flexibility index (Phi) is 5.47. The predicted octanol–water partition coefficient (Wildman–Crippen LogP) is -0.0534. The van der Waals surface area contributed by atoms with E-state index in [1.165, 1.54) is 0 Å². The topological polar surface area (TPSA) is 113 Å². The lowest BCUT2D eigenvalue weighted by Crippen LogP contribution is -2.45. The minimum absolute atomic E-state index is 0.0539. The van der Waals surface area contributed by atoms with Crippen LogP contribution in [0, 0.1) is 6.92 Å². The van der Waals surface area contributed by atoms with Crippen molar-refractivity contribution in [3.05, 3.63) is 35.4 Å². The van der Waals surface area contributed by atoms with E-state index in [4.69, 9.17) is 15.9 Å². The number of aliphatic hydroxyl groups is 1. The maximum atomic E-state index is 11.8. The lowest BCUT2D eigenvalue weighted by molar-refractivity contribution is -0.142. The molecule has 104 valence electrons. The Morgan fingerprint density at radius 3 is 2.37 bits per heavy atom. The minimum atomic E-state index is -1.20. The smallest absolute Gasteiger partial charge is 0.326 e. The van der Waals surface area contributed by atoms with Gasteiger partial charge in [0.1, 0.15) is 12.1 Å². The van der Waals surface area contributed by atoms with Gasteiger partial charge in [-0.15, -0.1) is 0 Å². The summed E-state index contributed by atoms with van der Waals surface area (Å²) < 4.78 is 0. The normalized spacial score (nSPS) is 13.6. The third-order valence-corrected chi connectivity index (χ3v) is 2.75. The zero-order valence-electron chi connectivity index (χ0n) is 10.7. The van der Waals surface area contributed by atoms with E-state index >= 15 is 0 Å². The molecule has 0 saturated carbocycles. The van der Waals surface area contributed by atoms with Crippen LogP contribution in [0.5, 0.6) is 0 Å². The molecule has 1 rings (SSSR count). The Balaban J connectivity index is 2.71. The van der Waals surface area contributed by atoms with Crippen LogP contribution in [0.3, 0.4) is 0 Å². The van der Waals surface area contributed by atoms with Crippen molar-refractivity contribution in [1.82, 2.24) is 5.32 Å². The van der Waals surface area contributed by atoms with Crippen molar-refractivity contribution < 1.29 is 19.8 Å². The Morgan fingerprint density at radius 2 is 1.89 bits per heavy atom. The highest BCUT2D eigenvalue weighted by atomic mass is 16.4. The number of carbonyl (C=O) groups excluding carboxylic acids is 1. The number of aliphatic carboxylic acids is 1. The number of aryl methyl sites for hydroxylation is 1. The quantitative estimate of drug-likeness (QED) is 0.576. The van der Waals surface area contributed by atoms with Crippen LogP contribution in [-0.4, -0.2) is 34.7 Å². The van der Waals surface area contributed by atoms with Crippen LogP contribution in [-0.2, 0) is 9.59 Å². The average Bonchev–Trinajstić information content (AvgIpc) is 2.38. The van der Waals surface area contributed by atoms with Crippen LogP contribution >= 0.6 is 0 Å². The van der Waals surface area contributed by atoms with Gasteiger partial charge in [0.25, 0.3) is 0 Å². The third-order valence-electron chi connectivity index (χ3n) is 2.75. The summed E-state index contributed by atoms with van der Waals surface area (Å²) in [7, 11) is 0. The fraction of sp³-hybridized carbons (Fsp3) is 0.385. The second-order valence-electron chi connectivity index (χ2n) is 4.30. The number of amides is 1. The second kappa shape index (κ2) is 6.86. The van der Waals surface area contributed by atoms with Gasteiger partial charge < -0.3 is 21.3 Å². The van der Waals surface area contributed by atoms with E-state index in [1.807, 2.05) is 19.1 Å². The van der Waals surface area contributed by atoms with Crippen molar-refractivity contribution >= 4 is 11.9 Å². The van der Waals surface area contributed by atoms with Crippen molar-refractivity contribution in [2.45, 2.75) is 25.4 Å². The van der Waals surface area contributed by atoms with Crippen LogP contribution in [0.2, 0.25) is 0 Å². The molecular formula is C13H18N2O4. The Morgan fingerprint density at radius 1 is 1.32 bits per heavy atom. The van der Waals surface area contributed by atoms with Gasteiger partial charge in [-0.05, 0) is 12.5 Å². The largest absolute Gasteiger partial charge is 0.480 e. The molecule has 19 heavy (non-hydrogen) atoms. The fourth-order valence-electron chi connectivity index (χ4n) is 1.57. The molecule has 0 aliphatic heterocycles. The number of carboxylic acids is 1. The highest BCUT2D eigenvalue weighted by Gasteiger charge is 2.23. The van der Waals surface area contributed by atoms with Gasteiger partial charge in [0.05, 0.1) is 0 Å². The summed E-state index contributed by atoms with van der Waals surface area (Å²) in [5.41, 5.74) is 7.42. The Hall–Kier alpha value is -1.92. The van der Waals surface area contributed by atoms with Crippen LogP contribution in [0.4, 0.5) is 0 Å². The van der Waals surface area contributed by atoms with E-state index < -0.39 is 24.0 Å². The number of nitrogens with two attached hydrogens (primary N) is 1. The number of benzene rings is 1.